The summed E-state index contributed by atoms with van der Waals surface area (Å²) in [4.78, 5) is 21.2. The van der Waals surface area contributed by atoms with Crippen molar-refractivity contribution in [2.45, 2.75) is 25.7 Å². The number of hydrogen-bond acceptors (Lipinski definition) is 3. The molecule has 0 radical (unpaired) electrons. The van der Waals surface area contributed by atoms with Gasteiger partial charge in [0, 0.05) is 12.3 Å². The molecule has 0 unspecified atom stereocenters. The smallest absolute Gasteiger partial charge is 0.305 e. The van der Waals surface area contributed by atoms with E-state index < -0.39 is 0 Å². The van der Waals surface area contributed by atoms with Crippen LogP contribution in [0, 0.1) is 5.92 Å². The molecular formula is C10H16O3. The van der Waals surface area contributed by atoms with Crippen LogP contribution in [0.2, 0.25) is 0 Å². The second-order valence-corrected chi connectivity index (χ2v) is 2.89. The van der Waals surface area contributed by atoms with Crippen molar-refractivity contribution in [2.24, 2.45) is 5.92 Å². The number of esters is 1. The molecule has 0 aromatic carbocycles. The predicted molar refractivity (Wildman–Crippen MR) is 50.2 cm³/mol. The van der Waals surface area contributed by atoms with Gasteiger partial charge in [0.25, 0.3) is 0 Å². The first-order valence-corrected chi connectivity index (χ1v) is 4.37. The van der Waals surface area contributed by atoms with Crippen LogP contribution >= 0.6 is 0 Å². The molecule has 3 heteroatoms. The number of aldehydes is 1. The van der Waals surface area contributed by atoms with E-state index in [-0.39, 0.29) is 11.9 Å². The second kappa shape index (κ2) is 7.53. The number of hydrogen-bond donors (Lipinski definition) is 0. The first kappa shape index (κ1) is 11.9. The van der Waals surface area contributed by atoms with Crippen LogP contribution in [-0.4, -0.2) is 19.4 Å². The molecule has 0 spiro atoms. The molecule has 0 heterocycles. The molecule has 0 amide bonds. The van der Waals surface area contributed by atoms with Gasteiger partial charge in [-0.25, -0.2) is 0 Å². The lowest BCUT2D eigenvalue weighted by atomic mass is 10.0. The minimum Gasteiger partial charge on any atom is -0.469 e. The maximum Gasteiger partial charge on any atom is 0.305 e. The molecule has 1 atom stereocenters. The summed E-state index contributed by atoms with van der Waals surface area (Å²) in [6.07, 6.45) is 5.13. The summed E-state index contributed by atoms with van der Waals surface area (Å²) in [5.41, 5.74) is 0. The fourth-order valence-electron chi connectivity index (χ4n) is 1.07. The van der Waals surface area contributed by atoms with Crippen LogP contribution < -0.4 is 0 Å². The lowest BCUT2D eigenvalue weighted by Crippen LogP contribution is -2.04. The Labute approximate surface area is 78.8 Å². The van der Waals surface area contributed by atoms with Gasteiger partial charge in [-0.3, -0.25) is 4.79 Å². The van der Waals surface area contributed by atoms with Crippen molar-refractivity contribution < 1.29 is 14.3 Å². The summed E-state index contributed by atoms with van der Waals surface area (Å²) in [6.45, 7) is 3.56. The number of methoxy groups -OCH3 is 1. The topological polar surface area (TPSA) is 43.4 Å². The third-order valence-electron chi connectivity index (χ3n) is 1.85. The van der Waals surface area contributed by atoms with E-state index in [0.29, 0.717) is 19.3 Å². The summed E-state index contributed by atoms with van der Waals surface area (Å²) in [5.74, 6) is -0.217. The standard InChI is InChI=1S/C10H16O3/c1-3-5-9(8-11)6-4-7-10(12)13-2/h3,8-9H,1,4-7H2,2H3/t9-/m0/s1. The number of rotatable bonds is 7. The molecule has 0 aromatic heterocycles. The molecule has 0 bridgehead atoms. The Morgan fingerprint density at radius 2 is 2.31 bits per heavy atom. The molecule has 74 valence electrons. The predicted octanol–water partition coefficient (Wildman–Crippen LogP) is 1.72. The zero-order chi connectivity index (χ0) is 10.1. The van der Waals surface area contributed by atoms with Crippen LogP contribution in [0.4, 0.5) is 0 Å². The Kier molecular flexibility index (Phi) is 6.88. The molecule has 0 aliphatic heterocycles. The molecule has 0 aliphatic carbocycles. The van der Waals surface area contributed by atoms with Gasteiger partial charge in [-0.1, -0.05) is 6.08 Å². The number of ether oxygens (including phenoxy) is 1. The summed E-state index contributed by atoms with van der Waals surface area (Å²) >= 11 is 0. The van der Waals surface area contributed by atoms with Crippen LogP contribution in [0.3, 0.4) is 0 Å². The highest BCUT2D eigenvalue weighted by atomic mass is 16.5. The van der Waals surface area contributed by atoms with Gasteiger partial charge in [-0.2, -0.15) is 0 Å². The van der Waals surface area contributed by atoms with E-state index in [1.807, 2.05) is 0 Å². The second-order valence-electron chi connectivity index (χ2n) is 2.89. The molecular weight excluding hydrogens is 168 g/mol. The lowest BCUT2D eigenvalue weighted by Gasteiger charge is -2.05. The van der Waals surface area contributed by atoms with Crippen LogP contribution in [0.15, 0.2) is 12.7 Å². The summed E-state index contributed by atoms with van der Waals surface area (Å²) in [5, 5.41) is 0. The third kappa shape index (κ3) is 6.08. The first-order valence-electron chi connectivity index (χ1n) is 4.37. The maximum absolute atomic E-state index is 10.7. The Hall–Kier alpha value is -1.12. The van der Waals surface area contributed by atoms with Gasteiger partial charge in [0.15, 0.2) is 0 Å². The van der Waals surface area contributed by atoms with Gasteiger partial charge >= 0.3 is 5.97 Å². The average Bonchev–Trinajstić information content (AvgIpc) is 2.16. The quantitative estimate of drug-likeness (QED) is 0.344. The van der Waals surface area contributed by atoms with Crippen molar-refractivity contribution in [3.8, 4) is 0 Å². The minimum absolute atomic E-state index is 0.00200. The fraction of sp³-hybridized carbons (Fsp3) is 0.600. The van der Waals surface area contributed by atoms with Gasteiger partial charge in [-0.15, -0.1) is 6.58 Å². The Morgan fingerprint density at radius 1 is 1.62 bits per heavy atom. The average molecular weight is 184 g/mol. The van der Waals surface area contributed by atoms with Gasteiger partial charge in [0.2, 0.25) is 0 Å². The van der Waals surface area contributed by atoms with Crippen LogP contribution in [0.1, 0.15) is 25.7 Å². The molecule has 0 rings (SSSR count). The number of carbonyl (C=O) groups is 2. The summed E-state index contributed by atoms with van der Waals surface area (Å²) in [7, 11) is 1.36. The Bertz CT molecular complexity index is 175. The SMILES string of the molecule is C=CC[C@H](C=O)CCCC(=O)OC. The highest BCUT2D eigenvalue weighted by Gasteiger charge is 2.06. The highest BCUT2D eigenvalue weighted by Crippen LogP contribution is 2.10. The van der Waals surface area contributed by atoms with E-state index in [0.717, 1.165) is 12.7 Å². The number of carbonyl (C=O) groups excluding carboxylic acids is 2. The molecule has 13 heavy (non-hydrogen) atoms. The van der Waals surface area contributed by atoms with Gasteiger partial charge in [-0.05, 0) is 19.3 Å². The molecule has 0 aliphatic rings. The largest absolute Gasteiger partial charge is 0.469 e. The third-order valence-corrected chi connectivity index (χ3v) is 1.85. The maximum atomic E-state index is 10.7. The molecule has 0 aromatic rings. The van der Waals surface area contributed by atoms with Crippen LogP contribution in [0.5, 0.6) is 0 Å². The van der Waals surface area contributed by atoms with E-state index in [2.05, 4.69) is 11.3 Å². The highest BCUT2D eigenvalue weighted by molar-refractivity contribution is 5.69. The molecule has 0 fully saturated rings. The molecule has 0 N–H and O–H groups in total. The van der Waals surface area contributed by atoms with Crippen molar-refractivity contribution in [3.05, 3.63) is 12.7 Å². The van der Waals surface area contributed by atoms with Crippen molar-refractivity contribution in [3.63, 3.8) is 0 Å². The minimum atomic E-state index is -0.219. The molecule has 0 saturated carbocycles. The normalized spacial score (nSPS) is 11.8. The van der Waals surface area contributed by atoms with E-state index in [1.165, 1.54) is 7.11 Å². The van der Waals surface area contributed by atoms with Crippen molar-refractivity contribution >= 4 is 12.3 Å². The van der Waals surface area contributed by atoms with Crippen molar-refractivity contribution in [1.82, 2.24) is 0 Å². The Balaban J connectivity index is 3.54. The zero-order valence-corrected chi connectivity index (χ0v) is 7.99. The lowest BCUT2D eigenvalue weighted by molar-refractivity contribution is -0.140. The van der Waals surface area contributed by atoms with Crippen molar-refractivity contribution in [1.29, 1.82) is 0 Å². The van der Waals surface area contributed by atoms with E-state index in [9.17, 15) is 9.59 Å². The van der Waals surface area contributed by atoms with E-state index in [4.69, 9.17) is 0 Å². The van der Waals surface area contributed by atoms with Crippen LogP contribution in [-0.2, 0) is 14.3 Å². The molecule has 3 nitrogen and oxygen atoms in total. The molecule has 0 saturated heterocycles. The zero-order valence-electron chi connectivity index (χ0n) is 7.99. The van der Waals surface area contributed by atoms with E-state index >= 15 is 0 Å². The Morgan fingerprint density at radius 3 is 2.77 bits per heavy atom. The summed E-state index contributed by atoms with van der Waals surface area (Å²) in [6, 6.07) is 0. The van der Waals surface area contributed by atoms with Crippen LogP contribution in [0.25, 0.3) is 0 Å². The first-order chi connectivity index (χ1) is 6.24. The fourth-order valence-corrected chi connectivity index (χ4v) is 1.07. The van der Waals surface area contributed by atoms with Gasteiger partial charge in [0.1, 0.15) is 6.29 Å². The van der Waals surface area contributed by atoms with Gasteiger partial charge < -0.3 is 9.53 Å². The number of allylic oxidation sites excluding steroid dienone is 1. The van der Waals surface area contributed by atoms with Gasteiger partial charge in [0.05, 0.1) is 7.11 Å². The monoisotopic (exact) mass is 184 g/mol. The summed E-state index contributed by atoms with van der Waals surface area (Å²) < 4.78 is 4.48. The van der Waals surface area contributed by atoms with E-state index in [1.54, 1.807) is 6.08 Å². The van der Waals surface area contributed by atoms with Crippen molar-refractivity contribution in [2.75, 3.05) is 7.11 Å².